The van der Waals surface area contributed by atoms with E-state index in [2.05, 4.69) is 0 Å². The predicted molar refractivity (Wildman–Crippen MR) is 50.6 cm³/mol. The van der Waals surface area contributed by atoms with Crippen LogP contribution >= 0.6 is 11.6 Å². The van der Waals surface area contributed by atoms with Crippen molar-refractivity contribution in [3.8, 4) is 11.5 Å². The summed E-state index contributed by atoms with van der Waals surface area (Å²) in [6, 6.07) is 5.07. The van der Waals surface area contributed by atoms with Gasteiger partial charge in [0, 0.05) is 11.1 Å². The van der Waals surface area contributed by atoms with E-state index in [1.807, 2.05) is 0 Å². The molecule has 3 nitrogen and oxygen atoms in total. The number of aliphatic hydroxyl groups excluding tert-OH is 1. The van der Waals surface area contributed by atoms with Crippen LogP contribution < -0.4 is 9.47 Å². The van der Waals surface area contributed by atoms with Gasteiger partial charge in [-0.15, -0.1) is 0 Å². The number of benzene rings is 1. The highest BCUT2D eigenvalue weighted by atomic mass is 35.5. The molecule has 0 radical (unpaired) electrons. The van der Waals surface area contributed by atoms with Crippen molar-refractivity contribution in [2.75, 3.05) is 20.3 Å². The highest BCUT2D eigenvalue weighted by Gasteiger charge is 2.03. The SMILES string of the molecule is COc1cc(Cl)ccc1OCCO. The summed E-state index contributed by atoms with van der Waals surface area (Å²) in [6.45, 7) is 0.226. The molecule has 1 rings (SSSR count). The van der Waals surface area contributed by atoms with Crippen LogP contribution in [0.2, 0.25) is 5.02 Å². The molecule has 4 heteroatoms. The Morgan fingerprint density at radius 3 is 2.77 bits per heavy atom. The van der Waals surface area contributed by atoms with Gasteiger partial charge in [0.25, 0.3) is 0 Å². The largest absolute Gasteiger partial charge is 0.493 e. The van der Waals surface area contributed by atoms with E-state index >= 15 is 0 Å². The Morgan fingerprint density at radius 2 is 2.15 bits per heavy atom. The summed E-state index contributed by atoms with van der Waals surface area (Å²) in [7, 11) is 1.54. The van der Waals surface area contributed by atoms with Gasteiger partial charge in [0.2, 0.25) is 0 Å². The fourth-order valence-electron chi connectivity index (χ4n) is 0.916. The molecule has 1 N–H and O–H groups in total. The second-order valence-corrected chi connectivity index (χ2v) is 2.80. The third kappa shape index (κ3) is 2.79. The van der Waals surface area contributed by atoms with Crippen LogP contribution in [0.5, 0.6) is 11.5 Å². The summed E-state index contributed by atoms with van der Waals surface area (Å²) in [5.74, 6) is 1.15. The van der Waals surface area contributed by atoms with Crippen LogP contribution in [-0.4, -0.2) is 25.4 Å². The Bertz CT molecular complexity index is 276. The minimum Gasteiger partial charge on any atom is -0.493 e. The number of halogens is 1. The van der Waals surface area contributed by atoms with Crippen LogP contribution in [0, 0.1) is 0 Å². The Labute approximate surface area is 81.9 Å². The zero-order valence-corrected chi connectivity index (χ0v) is 8.04. The van der Waals surface area contributed by atoms with E-state index in [4.69, 9.17) is 26.2 Å². The molecule has 0 heterocycles. The van der Waals surface area contributed by atoms with E-state index in [0.29, 0.717) is 16.5 Å². The van der Waals surface area contributed by atoms with Crippen LogP contribution in [0.4, 0.5) is 0 Å². The molecular formula is C9H11ClO3. The van der Waals surface area contributed by atoms with E-state index in [9.17, 15) is 0 Å². The molecule has 0 spiro atoms. The molecule has 72 valence electrons. The van der Waals surface area contributed by atoms with E-state index in [-0.39, 0.29) is 13.2 Å². The predicted octanol–water partition coefficient (Wildman–Crippen LogP) is 1.72. The lowest BCUT2D eigenvalue weighted by Gasteiger charge is -2.09. The average Bonchev–Trinajstić information content (AvgIpc) is 2.16. The van der Waals surface area contributed by atoms with Crippen molar-refractivity contribution in [3.63, 3.8) is 0 Å². The molecule has 0 aliphatic rings. The molecule has 0 aliphatic heterocycles. The van der Waals surface area contributed by atoms with Gasteiger partial charge < -0.3 is 14.6 Å². The van der Waals surface area contributed by atoms with Crippen LogP contribution in [-0.2, 0) is 0 Å². The molecule has 0 amide bonds. The summed E-state index contributed by atoms with van der Waals surface area (Å²) in [5.41, 5.74) is 0. The second-order valence-electron chi connectivity index (χ2n) is 2.37. The van der Waals surface area contributed by atoms with Crippen LogP contribution in [0.3, 0.4) is 0 Å². The molecule has 0 atom stereocenters. The number of aliphatic hydroxyl groups is 1. The van der Waals surface area contributed by atoms with Gasteiger partial charge >= 0.3 is 0 Å². The van der Waals surface area contributed by atoms with Crippen molar-refractivity contribution in [2.45, 2.75) is 0 Å². The second kappa shape index (κ2) is 4.94. The van der Waals surface area contributed by atoms with Crippen molar-refractivity contribution in [3.05, 3.63) is 23.2 Å². The molecule has 0 aromatic heterocycles. The summed E-state index contributed by atoms with van der Waals surface area (Å²) >= 11 is 5.74. The molecule has 1 aromatic carbocycles. The van der Waals surface area contributed by atoms with Crippen molar-refractivity contribution in [1.82, 2.24) is 0 Å². The van der Waals surface area contributed by atoms with E-state index in [1.165, 1.54) is 7.11 Å². The topological polar surface area (TPSA) is 38.7 Å². The Balaban J connectivity index is 2.79. The van der Waals surface area contributed by atoms with Gasteiger partial charge in [-0.1, -0.05) is 11.6 Å². The maximum Gasteiger partial charge on any atom is 0.162 e. The first-order valence-electron chi connectivity index (χ1n) is 3.85. The highest BCUT2D eigenvalue weighted by Crippen LogP contribution is 2.29. The standard InChI is InChI=1S/C9H11ClO3/c1-12-9-6-7(10)2-3-8(9)13-5-4-11/h2-3,6,11H,4-5H2,1H3. The van der Waals surface area contributed by atoms with Gasteiger partial charge in [-0.05, 0) is 12.1 Å². The lowest BCUT2D eigenvalue weighted by Crippen LogP contribution is -2.02. The van der Waals surface area contributed by atoms with E-state index in [1.54, 1.807) is 18.2 Å². The van der Waals surface area contributed by atoms with E-state index in [0.717, 1.165) is 0 Å². The maximum atomic E-state index is 8.55. The third-order valence-corrected chi connectivity index (χ3v) is 1.71. The number of methoxy groups -OCH3 is 1. The lowest BCUT2D eigenvalue weighted by molar-refractivity contribution is 0.196. The van der Waals surface area contributed by atoms with Gasteiger partial charge in [-0.3, -0.25) is 0 Å². The van der Waals surface area contributed by atoms with Gasteiger partial charge in [0.1, 0.15) is 6.61 Å². The van der Waals surface area contributed by atoms with Crippen molar-refractivity contribution in [2.24, 2.45) is 0 Å². The third-order valence-electron chi connectivity index (χ3n) is 1.47. The number of ether oxygens (including phenoxy) is 2. The van der Waals surface area contributed by atoms with Gasteiger partial charge in [-0.25, -0.2) is 0 Å². The first kappa shape index (κ1) is 10.2. The fourth-order valence-corrected chi connectivity index (χ4v) is 1.08. The number of rotatable bonds is 4. The normalized spacial score (nSPS) is 9.77. The Hall–Kier alpha value is -0.930. The number of hydrogen-bond acceptors (Lipinski definition) is 3. The van der Waals surface area contributed by atoms with Gasteiger partial charge in [-0.2, -0.15) is 0 Å². The maximum absolute atomic E-state index is 8.55. The van der Waals surface area contributed by atoms with Crippen molar-refractivity contribution >= 4 is 11.6 Å². The van der Waals surface area contributed by atoms with Gasteiger partial charge in [0.05, 0.1) is 13.7 Å². The summed E-state index contributed by atoms with van der Waals surface area (Å²) < 4.78 is 10.2. The Kier molecular flexibility index (Phi) is 3.86. The Morgan fingerprint density at radius 1 is 1.38 bits per heavy atom. The minimum absolute atomic E-state index is 0.0220. The van der Waals surface area contributed by atoms with Gasteiger partial charge in [0.15, 0.2) is 11.5 Å². The average molecular weight is 203 g/mol. The zero-order chi connectivity index (χ0) is 9.68. The highest BCUT2D eigenvalue weighted by molar-refractivity contribution is 6.30. The summed E-state index contributed by atoms with van der Waals surface area (Å²) in [4.78, 5) is 0. The molecule has 0 aliphatic carbocycles. The molecule has 0 fully saturated rings. The molecule has 13 heavy (non-hydrogen) atoms. The summed E-state index contributed by atoms with van der Waals surface area (Å²) in [5, 5.41) is 9.14. The van der Waals surface area contributed by atoms with Crippen LogP contribution in [0.15, 0.2) is 18.2 Å². The first-order chi connectivity index (χ1) is 6.27. The molecule has 0 bridgehead atoms. The van der Waals surface area contributed by atoms with Crippen molar-refractivity contribution < 1.29 is 14.6 Å². The smallest absolute Gasteiger partial charge is 0.162 e. The zero-order valence-electron chi connectivity index (χ0n) is 7.29. The van der Waals surface area contributed by atoms with Crippen LogP contribution in [0.1, 0.15) is 0 Å². The monoisotopic (exact) mass is 202 g/mol. The molecular weight excluding hydrogens is 192 g/mol. The lowest BCUT2D eigenvalue weighted by atomic mass is 10.3. The quantitative estimate of drug-likeness (QED) is 0.808. The molecule has 0 saturated carbocycles. The van der Waals surface area contributed by atoms with E-state index < -0.39 is 0 Å². The first-order valence-corrected chi connectivity index (χ1v) is 4.23. The molecule has 1 aromatic rings. The number of hydrogen-bond donors (Lipinski definition) is 1. The molecule has 0 saturated heterocycles. The minimum atomic E-state index is -0.0220. The van der Waals surface area contributed by atoms with Crippen LogP contribution in [0.25, 0.3) is 0 Å². The molecule has 0 unspecified atom stereocenters. The fraction of sp³-hybridized carbons (Fsp3) is 0.333. The summed E-state index contributed by atoms with van der Waals surface area (Å²) in [6.07, 6.45) is 0. The van der Waals surface area contributed by atoms with Crippen molar-refractivity contribution in [1.29, 1.82) is 0 Å².